The second-order valence-corrected chi connectivity index (χ2v) is 11.2. The summed E-state index contributed by atoms with van der Waals surface area (Å²) in [6.45, 7) is 2.48. The van der Waals surface area contributed by atoms with Gasteiger partial charge in [0, 0.05) is 24.6 Å². The minimum atomic E-state index is -3.09. The van der Waals surface area contributed by atoms with E-state index in [0.717, 1.165) is 37.9 Å². The van der Waals surface area contributed by atoms with Crippen LogP contribution in [0.15, 0.2) is 29.1 Å². The van der Waals surface area contributed by atoms with Gasteiger partial charge in [-0.05, 0) is 44.4 Å². The monoisotopic (exact) mass is 469 g/mol. The Balaban J connectivity index is 1.45. The topological polar surface area (TPSA) is 116 Å². The number of nitrogens with one attached hydrogen (secondary N) is 1. The molecule has 1 fully saturated rings. The Morgan fingerprint density at radius 3 is 2.76 bits per heavy atom. The Labute approximate surface area is 191 Å². The van der Waals surface area contributed by atoms with Crippen molar-refractivity contribution >= 4 is 32.5 Å². The molecule has 5 rings (SSSR count). The van der Waals surface area contributed by atoms with Crippen molar-refractivity contribution < 1.29 is 13.2 Å². The van der Waals surface area contributed by atoms with Crippen LogP contribution in [0.25, 0.3) is 10.9 Å². The number of rotatable bonds is 3. The van der Waals surface area contributed by atoms with Gasteiger partial charge in [0.2, 0.25) is 0 Å². The normalized spacial score (nSPS) is 20.2. The van der Waals surface area contributed by atoms with E-state index >= 15 is 0 Å². The summed E-state index contributed by atoms with van der Waals surface area (Å²) in [7, 11) is -3.09. The zero-order valence-corrected chi connectivity index (χ0v) is 19.4. The summed E-state index contributed by atoms with van der Waals surface area (Å²) in [5.74, 6) is 1.03. The molecule has 1 amide bonds. The molecule has 2 aromatic heterocycles. The fourth-order valence-corrected chi connectivity index (χ4v) is 6.47. The number of fused-ring (bicyclic) bond motifs is 2. The van der Waals surface area contributed by atoms with Crippen molar-refractivity contribution in [1.29, 1.82) is 0 Å². The highest BCUT2D eigenvalue weighted by Crippen LogP contribution is 2.27. The third-order valence-electron chi connectivity index (χ3n) is 6.48. The molecule has 1 N–H and O–H groups in total. The maximum atomic E-state index is 13.1. The lowest BCUT2D eigenvalue weighted by atomic mass is 10.1. The first-order valence-electron chi connectivity index (χ1n) is 11.4. The number of aromatic nitrogens is 4. The van der Waals surface area contributed by atoms with Crippen LogP contribution in [0.3, 0.4) is 0 Å². The van der Waals surface area contributed by atoms with Gasteiger partial charge in [-0.2, -0.15) is 5.10 Å². The van der Waals surface area contributed by atoms with E-state index < -0.39 is 9.84 Å². The van der Waals surface area contributed by atoms with Crippen LogP contribution in [-0.2, 0) is 22.8 Å². The molecule has 2 aliphatic heterocycles. The zero-order valence-electron chi connectivity index (χ0n) is 18.6. The second kappa shape index (κ2) is 8.40. The molecule has 0 saturated carbocycles. The number of benzene rings is 1. The van der Waals surface area contributed by atoms with Crippen molar-refractivity contribution in [3.8, 4) is 0 Å². The number of carbonyl (C=O) groups is 1. The summed E-state index contributed by atoms with van der Waals surface area (Å²) in [6, 6.07) is 6.38. The molecule has 0 bridgehead atoms. The lowest BCUT2D eigenvalue weighted by Crippen LogP contribution is -2.26. The van der Waals surface area contributed by atoms with E-state index in [0.29, 0.717) is 40.9 Å². The average molecular weight is 470 g/mol. The molecule has 2 aliphatic rings. The molecule has 1 aromatic carbocycles. The maximum absolute atomic E-state index is 13.1. The molecule has 9 nitrogen and oxygen atoms in total. The van der Waals surface area contributed by atoms with Crippen molar-refractivity contribution in [3.05, 3.63) is 51.7 Å². The maximum Gasteiger partial charge on any atom is 0.261 e. The van der Waals surface area contributed by atoms with Gasteiger partial charge in [-0.15, -0.1) is 0 Å². The van der Waals surface area contributed by atoms with Crippen LogP contribution in [0.2, 0.25) is 0 Å². The van der Waals surface area contributed by atoms with Crippen LogP contribution in [0.4, 0.5) is 5.82 Å². The predicted octanol–water partition coefficient (Wildman–Crippen LogP) is 2.63. The molecule has 174 valence electrons. The molecule has 0 radical (unpaired) electrons. The van der Waals surface area contributed by atoms with E-state index in [2.05, 4.69) is 10.4 Å². The minimum Gasteiger partial charge on any atom is -0.307 e. The van der Waals surface area contributed by atoms with Crippen molar-refractivity contribution in [2.75, 3.05) is 16.8 Å². The van der Waals surface area contributed by atoms with Crippen molar-refractivity contribution in [2.45, 2.75) is 58.0 Å². The molecule has 1 saturated heterocycles. The van der Waals surface area contributed by atoms with E-state index in [-0.39, 0.29) is 29.0 Å². The number of amides is 1. The minimum absolute atomic E-state index is 0.0198. The van der Waals surface area contributed by atoms with Gasteiger partial charge in [-0.3, -0.25) is 14.2 Å². The van der Waals surface area contributed by atoms with Gasteiger partial charge >= 0.3 is 0 Å². The first kappa shape index (κ1) is 21.8. The van der Waals surface area contributed by atoms with Gasteiger partial charge in [0.15, 0.2) is 9.84 Å². The fourth-order valence-electron chi connectivity index (χ4n) is 4.78. The summed E-state index contributed by atoms with van der Waals surface area (Å²) in [6.07, 6.45) is 5.44. The number of aryl methyl sites for hydroxylation is 2. The first-order chi connectivity index (χ1) is 15.8. The molecule has 1 atom stereocenters. The van der Waals surface area contributed by atoms with Crippen LogP contribution in [0.5, 0.6) is 0 Å². The molecular weight excluding hydrogens is 442 g/mol. The molecular formula is C23H27N5O4S. The lowest BCUT2D eigenvalue weighted by molar-refractivity contribution is 0.102. The number of anilines is 1. The van der Waals surface area contributed by atoms with Gasteiger partial charge < -0.3 is 5.32 Å². The lowest BCUT2D eigenvalue weighted by Gasteiger charge is -2.16. The van der Waals surface area contributed by atoms with E-state index in [1.165, 1.54) is 0 Å². The highest BCUT2D eigenvalue weighted by atomic mass is 32.2. The molecule has 3 aromatic rings. The summed E-state index contributed by atoms with van der Waals surface area (Å²) in [5.41, 5.74) is 1.54. The zero-order chi connectivity index (χ0) is 23.2. The van der Waals surface area contributed by atoms with Gasteiger partial charge in [-0.1, -0.05) is 12.8 Å². The fraction of sp³-hybridized carbons (Fsp3) is 0.478. The Morgan fingerprint density at radius 1 is 1.15 bits per heavy atom. The standard InChI is InChI=1S/C23H27N5O4S/c1-15-12-21(28(26-15)17-9-11-33(31,32)14-17)25-22(29)16-7-8-18-19(13-16)24-20-6-4-2-3-5-10-27(20)23(18)30/h7-8,12-13,17H,2-6,9-11,14H2,1H3,(H,25,29). The average Bonchev–Trinajstić information content (AvgIpc) is 3.30. The van der Waals surface area contributed by atoms with Gasteiger partial charge in [0.25, 0.3) is 11.5 Å². The predicted molar refractivity (Wildman–Crippen MR) is 125 cm³/mol. The van der Waals surface area contributed by atoms with Crippen molar-refractivity contribution in [3.63, 3.8) is 0 Å². The Morgan fingerprint density at radius 2 is 1.97 bits per heavy atom. The number of carbonyl (C=O) groups excluding carboxylic acids is 1. The van der Waals surface area contributed by atoms with E-state index in [1.54, 1.807) is 40.4 Å². The Kier molecular flexibility index (Phi) is 5.55. The summed E-state index contributed by atoms with van der Waals surface area (Å²) in [4.78, 5) is 30.8. The highest BCUT2D eigenvalue weighted by Gasteiger charge is 2.31. The third kappa shape index (κ3) is 4.31. The Bertz CT molecular complexity index is 1410. The molecule has 0 aliphatic carbocycles. The van der Waals surface area contributed by atoms with Gasteiger partial charge in [-0.25, -0.2) is 18.1 Å². The highest BCUT2D eigenvalue weighted by molar-refractivity contribution is 7.91. The summed E-state index contributed by atoms with van der Waals surface area (Å²) >= 11 is 0. The summed E-state index contributed by atoms with van der Waals surface area (Å²) in [5, 5.41) is 7.79. The number of hydrogen-bond donors (Lipinski definition) is 1. The molecule has 33 heavy (non-hydrogen) atoms. The second-order valence-electron chi connectivity index (χ2n) is 9.01. The van der Waals surface area contributed by atoms with E-state index in [4.69, 9.17) is 4.98 Å². The van der Waals surface area contributed by atoms with E-state index in [9.17, 15) is 18.0 Å². The van der Waals surface area contributed by atoms with Crippen molar-refractivity contribution in [1.82, 2.24) is 19.3 Å². The molecule has 4 heterocycles. The van der Waals surface area contributed by atoms with Crippen LogP contribution in [-0.4, -0.2) is 45.2 Å². The number of sulfone groups is 1. The van der Waals surface area contributed by atoms with E-state index in [1.807, 2.05) is 0 Å². The largest absolute Gasteiger partial charge is 0.307 e. The molecule has 10 heteroatoms. The first-order valence-corrected chi connectivity index (χ1v) is 13.2. The van der Waals surface area contributed by atoms with Crippen LogP contribution in [0, 0.1) is 6.92 Å². The smallest absolute Gasteiger partial charge is 0.261 e. The van der Waals surface area contributed by atoms with Crippen LogP contribution in [0.1, 0.15) is 60.0 Å². The number of hydrogen-bond acceptors (Lipinski definition) is 6. The van der Waals surface area contributed by atoms with Crippen molar-refractivity contribution in [2.24, 2.45) is 0 Å². The molecule has 0 spiro atoms. The quantitative estimate of drug-likeness (QED) is 0.630. The SMILES string of the molecule is Cc1cc(NC(=O)c2ccc3c(=O)n4c(nc3c2)CCCCCC4)n(C2CCS(=O)(=O)C2)n1. The summed E-state index contributed by atoms with van der Waals surface area (Å²) < 4.78 is 27.2. The molecule has 1 unspecified atom stereocenters. The van der Waals surface area contributed by atoms with Gasteiger partial charge in [0.1, 0.15) is 11.6 Å². The van der Waals surface area contributed by atoms with Gasteiger partial charge in [0.05, 0.1) is 34.1 Å². The van der Waals surface area contributed by atoms with Crippen LogP contribution < -0.4 is 10.9 Å². The third-order valence-corrected chi connectivity index (χ3v) is 8.23. The number of nitrogens with zero attached hydrogens (tertiary/aromatic N) is 4. The van der Waals surface area contributed by atoms with Crippen LogP contribution >= 0.6 is 0 Å². The Hall–Kier alpha value is -3.01.